The van der Waals surface area contributed by atoms with E-state index in [9.17, 15) is 18.7 Å². The van der Waals surface area contributed by atoms with Crippen molar-refractivity contribution in [1.82, 2.24) is 0 Å². The van der Waals surface area contributed by atoms with E-state index in [1.165, 1.54) is 0 Å². The molecule has 1 atom stereocenters. The van der Waals surface area contributed by atoms with Crippen LogP contribution in [0, 0.1) is 11.6 Å². The maximum absolute atomic E-state index is 12.9. The van der Waals surface area contributed by atoms with Crippen molar-refractivity contribution in [2.24, 2.45) is 0 Å². The van der Waals surface area contributed by atoms with Crippen LogP contribution in [0.5, 0.6) is 0 Å². The molecule has 0 saturated heterocycles. The second-order valence-electron chi connectivity index (χ2n) is 2.51. The van der Waals surface area contributed by atoms with E-state index in [0.717, 1.165) is 18.2 Å². The van der Waals surface area contributed by atoms with Gasteiger partial charge in [0.15, 0.2) is 6.04 Å². The fourth-order valence-corrected chi connectivity index (χ4v) is 0.961. The van der Waals surface area contributed by atoms with Crippen LogP contribution in [0.25, 0.3) is 0 Å². The van der Waals surface area contributed by atoms with E-state index in [1.54, 1.807) is 0 Å². The highest BCUT2D eigenvalue weighted by atomic mass is 19.1. The molecule has 3 nitrogen and oxygen atoms in total. The van der Waals surface area contributed by atoms with Crippen molar-refractivity contribution < 1.29 is 24.4 Å². The highest BCUT2D eigenvalue weighted by Gasteiger charge is 2.20. The Morgan fingerprint density at radius 1 is 1.38 bits per heavy atom. The first-order valence-corrected chi connectivity index (χ1v) is 3.52. The predicted molar refractivity (Wildman–Crippen MR) is 37.0 cm³/mol. The number of carbonyl (C=O) groups excluding carboxylic acids is 1. The van der Waals surface area contributed by atoms with Crippen molar-refractivity contribution in [3.05, 3.63) is 35.4 Å². The molecule has 0 bridgehead atoms. The standard InChI is InChI=1S/C8H7F2NO2/c9-4-2-1-3-5(10)6(4)7(11)8(12)13/h1-3,7H,11H2,(H,12,13)/t7-/m0/s1. The number of carbonyl (C=O) groups is 1. The zero-order valence-electron chi connectivity index (χ0n) is 6.59. The van der Waals surface area contributed by atoms with Gasteiger partial charge in [-0.3, -0.25) is 0 Å². The zero-order chi connectivity index (χ0) is 10.0. The summed E-state index contributed by atoms with van der Waals surface area (Å²) in [5, 5.41) is 10.3. The van der Waals surface area contributed by atoms with Crippen LogP contribution in [0.4, 0.5) is 8.78 Å². The monoisotopic (exact) mass is 187 g/mol. The molecule has 0 amide bonds. The summed E-state index contributed by atoms with van der Waals surface area (Å²) in [7, 11) is 0. The SMILES string of the molecule is [NH3+][C@H](C(=O)[O-])c1c(F)cccc1F. The highest BCUT2D eigenvalue weighted by Crippen LogP contribution is 2.16. The Balaban J connectivity index is 3.20. The molecule has 5 heteroatoms. The van der Waals surface area contributed by atoms with Crippen LogP contribution >= 0.6 is 0 Å². The number of carboxylic acids is 1. The van der Waals surface area contributed by atoms with E-state index < -0.39 is 29.2 Å². The second-order valence-corrected chi connectivity index (χ2v) is 2.51. The zero-order valence-corrected chi connectivity index (χ0v) is 6.59. The molecule has 0 aromatic heterocycles. The predicted octanol–water partition coefficient (Wildman–Crippen LogP) is -1.00. The van der Waals surface area contributed by atoms with Crippen LogP contribution in [0.3, 0.4) is 0 Å². The Bertz CT molecular complexity index is 321. The lowest BCUT2D eigenvalue weighted by Crippen LogP contribution is -2.61. The minimum Gasteiger partial charge on any atom is -0.544 e. The van der Waals surface area contributed by atoms with Gasteiger partial charge in [0, 0.05) is 0 Å². The molecule has 1 aromatic rings. The Hall–Kier alpha value is -1.49. The van der Waals surface area contributed by atoms with Gasteiger partial charge in [-0.15, -0.1) is 0 Å². The molecule has 70 valence electrons. The van der Waals surface area contributed by atoms with Crippen LogP contribution in [-0.4, -0.2) is 5.97 Å². The minimum absolute atomic E-state index is 0.567. The van der Waals surface area contributed by atoms with Gasteiger partial charge in [-0.1, -0.05) is 6.07 Å². The fraction of sp³-hybridized carbons (Fsp3) is 0.125. The number of quaternary nitrogens is 1. The number of carboxylic acid groups (broad SMARTS) is 1. The van der Waals surface area contributed by atoms with Crippen LogP contribution in [0.15, 0.2) is 18.2 Å². The van der Waals surface area contributed by atoms with Gasteiger partial charge in [-0.2, -0.15) is 0 Å². The topological polar surface area (TPSA) is 67.8 Å². The van der Waals surface area contributed by atoms with Gasteiger partial charge in [0.05, 0.1) is 5.56 Å². The van der Waals surface area contributed by atoms with Crippen molar-refractivity contribution in [1.29, 1.82) is 0 Å². The average Bonchev–Trinajstić information content (AvgIpc) is 2.03. The number of halogens is 2. The van der Waals surface area contributed by atoms with Crippen LogP contribution < -0.4 is 10.8 Å². The van der Waals surface area contributed by atoms with Crippen molar-refractivity contribution in [3.63, 3.8) is 0 Å². The van der Waals surface area contributed by atoms with Gasteiger partial charge in [0.2, 0.25) is 0 Å². The molecule has 1 aromatic carbocycles. The summed E-state index contributed by atoms with van der Waals surface area (Å²) >= 11 is 0. The van der Waals surface area contributed by atoms with Gasteiger partial charge < -0.3 is 15.6 Å². The normalized spacial score (nSPS) is 12.5. The molecule has 0 unspecified atom stereocenters. The van der Waals surface area contributed by atoms with Crippen molar-refractivity contribution in [3.8, 4) is 0 Å². The van der Waals surface area contributed by atoms with Gasteiger partial charge in [-0.05, 0) is 12.1 Å². The summed E-state index contributed by atoms with van der Waals surface area (Å²) in [6, 6.07) is 1.57. The maximum Gasteiger partial charge on any atom is 0.156 e. The summed E-state index contributed by atoms with van der Waals surface area (Å²) in [4.78, 5) is 10.3. The summed E-state index contributed by atoms with van der Waals surface area (Å²) in [5.74, 6) is -3.46. The summed E-state index contributed by atoms with van der Waals surface area (Å²) in [5.41, 5.74) is 2.52. The molecule has 0 saturated carbocycles. The lowest BCUT2D eigenvalue weighted by molar-refractivity contribution is -0.443. The Morgan fingerprint density at radius 3 is 2.23 bits per heavy atom. The van der Waals surface area contributed by atoms with Crippen molar-refractivity contribution in [2.75, 3.05) is 0 Å². The molecule has 0 aliphatic rings. The van der Waals surface area contributed by atoms with E-state index in [2.05, 4.69) is 5.73 Å². The van der Waals surface area contributed by atoms with E-state index in [0.29, 0.717) is 0 Å². The molecule has 13 heavy (non-hydrogen) atoms. The van der Waals surface area contributed by atoms with Crippen molar-refractivity contribution >= 4 is 5.97 Å². The molecular formula is C8H7F2NO2. The molecule has 0 heterocycles. The first-order valence-electron chi connectivity index (χ1n) is 3.52. The average molecular weight is 187 g/mol. The third-order valence-corrected chi connectivity index (χ3v) is 1.63. The number of hydrogen-bond acceptors (Lipinski definition) is 2. The fourth-order valence-electron chi connectivity index (χ4n) is 0.961. The third-order valence-electron chi connectivity index (χ3n) is 1.63. The summed E-state index contributed by atoms with van der Waals surface area (Å²) in [6.07, 6.45) is 0. The molecule has 3 N–H and O–H groups in total. The summed E-state index contributed by atoms with van der Waals surface area (Å²) < 4.78 is 25.8. The maximum atomic E-state index is 12.9. The second kappa shape index (κ2) is 3.49. The molecule has 0 fully saturated rings. The number of benzene rings is 1. The Morgan fingerprint density at radius 2 is 1.85 bits per heavy atom. The molecule has 0 aliphatic carbocycles. The first kappa shape index (κ1) is 9.60. The smallest absolute Gasteiger partial charge is 0.156 e. The van der Waals surface area contributed by atoms with Gasteiger partial charge in [-0.25, -0.2) is 8.78 Å². The highest BCUT2D eigenvalue weighted by molar-refractivity contribution is 5.71. The van der Waals surface area contributed by atoms with E-state index in [-0.39, 0.29) is 0 Å². The lowest BCUT2D eigenvalue weighted by Gasteiger charge is -2.10. The van der Waals surface area contributed by atoms with Crippen molar-refractivity contribution in [2.45, 2.75) is 6.04 Å². The van der Waals surface area contributed by atoms with Crippen LogP contribution in [-0.2, 0) is 4.79 Å². The van der Waals surface area contributed by atoms with Gasteiger partial charge in [0.25, 0.3) is 0 Å². The largest absolute Gasteiger partial charge is 0.544 e. The van der Waals surface area contributed by atoms with Crippen LogP contribution in [0.1, 0.15) is 11.6 Å². The van der Waals surface area contributed by atoms with Crippen LogP contribution in [0.2, 0.25) is 0 Å². The molecular weight excluding hydrogens is 180 g/mol. The van der Waals surface area contributed by atoms with Gasteiger partial charge >= 0.3 is 0 Å². The lowest BCUT2D eigenvalue weighted by atomic mass is 10.1. The number of aliphatic carboxylic acids is 1. The quantitative estimate of drug-likeness (QED) is 0.645. The van der Waals surface area contributed by atoms with Gasteiger partial charge in [0.1, 0.15) is 17.6 Å². The molecule has 0 radical (unpaired) electrons. The first-order chi connectivity index (χ1) is 6.04. The molecule has 0 aliphatic heterocycles. The number of hydrogen-bond donors (Lipinski definition) is 1. The Kier molecular flexibility index (Phi) is 2.57. The van der Waals surface area contributed by atoms with E-state index in [4.69, 9.17) is 0 Å². The van der Waals surface area contributed by atoms with E-state index >= 15 is 0 Å². The minimum atomic E-state index is -1.61. The molecule has 0 spiro atoms. The summed E-state index contributed by atoms with van der Waals surface area (Å²) in [6.45, 7) is 0. The number of rotatable bonds is 2. The molecule has 1 rings (SSSR count). The van der Waals surface area contributed by atoms with E-state index in [1.807, 2.05) is 0 Å². The Labute approximate surface area is 72.8 Å². The third kappa shape index (κ3) is 1.81.